The number of hydrogen-bond acceptors (Lipinski definition) is 4. The van der Waals surface area contributed by atoms with Crippen molar-refractivity contribution in [1.29, 1.82) is 0 Å². The molecule has 0 radical (unpaired) electrons. The van der Waals surface area contributed by atoms with E-state index in [1.165, 1.54) is 4.90 Å². The van der Waals surface area contributed by atoms with Crippen LogP contribution in [0.15, 0.2) is 48.5 Å². The summed E-state index contributed by atoms with van der Waals surface area (Å²) < 4.78 is 11.5. The van der Waals surface area contributed by atoms with Crippen LogP contribution in [-0.4, -0.2) is 53.0 Å². The molecule has 1 N–H and O–H groups in total. The van der Waals surface area contributed by atoms with E-state index in [0.717, 1.165) is 22.3 Å². The topological polar surface area (TPSA) is 76.1 Å². The van der Waals surface area contributed by atoms with Crippen LogP contribution in [0.25, 0.3) is 11.1 Å². The van der Waals surface area contributed by atoms with Crippen LogP contribution in [0.2, 0.25) is 0 Å². The fraction of sp³-hybridized carbons (Fsp3) is 0.440. The molecule has 1 fully saturated rings. The molecule has 1 saturated heterocycles. The van der Waals surface area contributed by atoms with Crippen molar-refractivity contribution in [3.63, 3.8) is 0 Å². The van der Waals surface area contributed by atoms with Gasteiger partial charge in [-0.3, -0.25) is 4.90 Å². The van der Waals surface area contributed by atoms with Crippen molar-refractivity contribution in [3.05, 3.63) is 59.7 Å². The Morgan fingerprint density at radius 2 is 1.55 bits per heavy atom. The van der Waals surface area contributed by atoms with Gasteiger partial charge in [0.2, 0.25) is 0 Å². The van der Waals surface area contributed by atoms with Crippen LogP contribution < -0.4 is 0 Å². The largest absolute Gasteiger partial charge is 0.479 e. The van der Waals surface area contributed by atoms with E-state index in [1.807, 2.05) is 38.1 Å². The van der Waals surface area contributed by atoms with Gasteiger partial charge in [-0.1, -0.05) is 48.5 Å². The highest BCUT2D eigenvalue weighted by atomic mass is 16.6. The molecule has 2 aromatic rings. The first-order valence-corrected chi connectivity index (χ1v) is 10.9. The second-order valence-corrected chi connectivity index (χ2v) is 8.55. The van der Waals surface area contributed by atoms with Gasteiger partial charge in [0.1, 0.15) is 12.1 Å². The lowest BCUT2D eigenvalue weighted by Crippen LogP contribution is -2.62. The van der Waals surface area contributed by atoms with E-state index in [1.54, 1.807) is 6.92 Å². The molecule has 2 atom stereocenters. The molecule has 1 heterocycles. The van der Waals surface area contributed by atoms with E-state index in [4.69, 9.17) is 9.47 Å². The first kappa shape index (κ1) is 21.4. The fourth-order valence-electron chi connectivity index (χ4n) is 5.32. The number of carboxylic acid groups (broad SMARTS) is 1. The third-order valence-corrected chi connectivity index (χ3v) is 6.50. The summed E-state index contributed by atoms with van der Waals surface area (Å²) in [4.78, 5) is 26.9. The van der Waals surface area contributed by atoms with Gasteiger partial charge in [-0.2, -0.15) is 0 Å². The van der Waals surface area contributed by atoms with Crippen molar-refractivity contribution in [2.75, 3.05) is 13.2 Å². The lowest BCUT2D eigenvalue weighted by Gasteiger charge is -2.45. The second kappa shape index (κ2) is 8.35. The summed E-state index contributed by atoms with van der Waals surface area (Å²) in [5.41, 5.74) is 3.23. The van der Waals surface area contributed by atoms with Crippen molar-refractivity contribution in [2.45, 2.75) is 57.3 Å². The summed E-state index contributed by atoms with van der Waals surface area (Å²) in [7, 11) is 0. The number of hydrogen-bond donors (Lipinski definition) is 1. The highest BCUT2D eigenvalue weighted by Gasteiger charge is 2.51. The number of fused-ring (bicyclic) bond motifs is 3. The number of ether oxygens (including phenoxy) is 2. The number of nitrogens with zero attached hydrogens (tertiary/aromatic N) is 1. The first-order valence-electron chi connectivity index (χ1n) is 10.9. The minimum absolute atomic E-state index is 0.0663. The molecule has 6 heteroatoms. The predicted molar refractivity (Wildman–Crippen MR) is 117 cm³/mol. The number of likely N-dealkylation sites (N-methyl/N-ethyl adjacent to an activating group) is 1. The van der Waals surface area contributed by atoms with Crippen LogP contribution in [0.5, 0.6) is 0 Å². The highest BCUT2D eigenvalue weighted by Crippen LogP contribution is 2.44. The van der Waals surface area contributed by atoms with Crippen LogP contribution in [0.4, 0.5) is 4.79 Å². The Labute approximate surface area is 182 Å². The number of carbonyl (C=O) groups excluding carboxylic acids is 1. The number of aliphatic carboxylic acids is 1. The number of amides is 1. The molecule has 2 aromatic carbocycles. The molecule has 4 rings (SSSR count). The molecule has 1 amide bonds. The molecule has 0 spiro atoms. The number of carbonyl (C=O) groups is 2. The molecule has 6 nitrogen and oxygen atoms in total. The third-order valence-electron chi connectivity index (χ3n) is 6.50. The highest BCUT2D eigenvalue weighted by molar-refractivity contribution is 5.85. The standard InChI is InChI=1S/C25H29NO5/c1-4-26(25(23(27)28)13-16(2)31-17(3)14-25)24(29)30-15-22-20-11-7-5-9-18(20)19-10-6-8-12-21(19)22/h5-12,16-17,22H,4,13-15H2,1-3H3,(H,27,28). The molecule has 1 aliphatic carbocycles. The number of benzene rings is 2. The molecule has 0 bridgehead atoms. The zero-order chi connectivity index (χ0) is 22.2. The molecule has 164 valence electrons. The Hall–Kier alpha value is -2.86. The maximum absolute atomic E-state index is 13.2. The first-order chi connectivity index (χ1) is 14.9. The van der Waals surface area contributed by atoms with Gasteiger partial charge < -0.3 is 14.6 Å². The lowest BCUT2D eigenvalue weighted by atomic mass is 9.82. The maximum atomic E-state index is 13.2. The van der Waals surface area contributed by atoms with Crippen molar-refractivity contribution < 1.29 is 24.2 Å². The minimum atomic E-state index is -1.32. The van der Waals surface area contributed by atoms with E-state index in [9.17, 15) is 14.7 Å². The fourth-order valence-corrected chi connectivity index (χ4v) is 5.32. The van der Waals surface area contributed by atoms with Crippen LogP contribution in [0.1, 0.15) is 50.7 Å². The third kappa shape index (κ3) is 3.69. The second-order valence-electron chi connectivity index (χ2n) is 8.55. The van der Waals surface area contributed by atoms with Gasteiger partial charge in [0, 0.05) is 25.3 Å². The molecule has 1 aliphatic heterocycles. The monoisotopic (exact) mass is 423 g/mol. The van der Waals surface area contributed by atoms with Gasteiger partial charge in [0.05, 0.1) is 12.2 Å². The lowest BCUT2D eigenvalue weighted by molar-refractivity contribution is -0.166. The van der Waals surface area contributed by atoms with Crippen LogP contribution >= 0.6 is 0 Å². The molecule has 31 heavy (non-hydrogen) atoms. The molecule has 2 aliphatic rings. The average molecular weight is 424 g/mol. The van der Waals surface area contributed by atoms with Crippen LogP contribution in [-0.2, 0) is 14.3 Å². The van der Waals surface area contributed by atoms with E-state index < -0.39 is 17.6 Å². The molecular weight excluding hydrogens is 394 g/mol. The molecule has 2 unspecified atom stereocenters. The Kier molecular flexibility index (Phi) is 5.75. The SMILES string of the molecule is CCN(C(=O)OCC1c2ccccc2-c2ccccc21)C1(C(=O)O)CC(C)OC(C)C1. The summed E-state index contributed by atoms with van der Waals surface area (Å²) in [5.74, 6) is -1.08. The Balaban J connectivity index is 1.57. The van der Waals surface area contributed by atoms with Crippen molar-refractivity contribution in [2.24, 2.45) is 0 Å². The van der Waals surface area contributed by atoms with E-state index in [2.05, 4.69) is 24.3 Å². The predicted octanol–water partition coefficient (Wildman–Crippen LogP) is 4.67. The summed E-state index contributed by atoms with van der Waals surface area (Å²) in [6.45, 7) is 5.90. The molecule has 0 aromatic heterocycles. The molecular formula is C25H29NO5. The average Bonchev–Trinajstić information content (AvgIpc) is 3.06. The smallest absolute Gasteiger partial charge is 0.410 e. The Morgan fingerprint density at radius 3 is 2.03 bits per heavy atom. The minimum Gasteiger partial charge on any atom is -0.479 e. The van der Waals surface area contributed by atoms with Crippen molar-refractivity contribution in [1.82, 2.24) is 4.90 Å². The van der Waals surface area contributed by atoms with Gasteiger partial charge in [-0.25, -0.2) is 9.59 Å². The quantitative estimate of drug-likeness (QED) is 0.756. The maximum Gasteiger partial charge on any atom is 0.410 e. The Morgan fingerprint density at radius 1 is 1.03 bits per heavy atom. The van der Waals surface area contributed by atoms with Gasteiger partial charge in [-0.05, 0) is 43.0 Å². The van der Waals surface area contributed by atoms with Gasteiger partial charge in [-0.15, -0.1) is 0 Å². The van der Waals surface area contributed by atoms with E-state index in [0.29, 0.717) is 0 Å². The van der Waals surface area contributed by atoms with Crippen LogP contribution in [0, 0.1) is 0 Å². The van der Waals surface area contributed by atoms with E-state index >= 15 is 0 Å². The van der Waals surface area contributed by atoms with Gasteiger partial charge in [0.25, 0.3) is 0 Å². The Bertz CT molecular complexity index is 932. The summed E-state index contributed by atoms with van der Waals surface area (Å²) in [6.07, 6.45) is -0.617. The molecule has 0 saturated carbocycles. The van der Waals surface area contributed by atoms with Gasteiger partial charge in [0.15, 0.2) is 0 Å². The van der Waals surface area contributed by atoms with E-state index in [-0.39, 0.29) is 44.1 Å². The summed E-state index contributed by atoms with van der Waals surface area (Å²) in [5, 5.41) is 10.1. The summed E-state index contributed by atoms with van der Waals surface area (Å²) >= 11 is 0. The zero-order valence-corrected chi connectivity index (χ0v) is 18.2. The van der Waals surface area contributed by atoms with Crippen molar-refractivity contribution >= 4 is 12.1 Å². The van der Waals surface area contributed by atoms with Gasteiger partial charge >= 0.3 is 12.1 Å². The normalized spacial score (nSPS) is 24.9. The van der Waals surface area contributed by atoms with Crippen LogP contribution in [0.3, 0.4) is 0 Å². The van der Waals surface area contributed by atoms with Crippen molar-refractivity contribution in [3.8, 4) is 11.1 Å². The zero-order valence-electron chi connectivity index (χ0n) is 18.2. The number of rotatable bonds is 5. The summed E-state index contributed by atoms with van der Waals surface area (Å²) in [6, 6.07) is 16.3. The number of carboxylic acids is 1.